The van der Waals surface area contributed by atoms with Crippen molar-refractivity contribution in [2.75, 3.05) is 33.4 Å². The highest BCUT2D eigenvalue weighted by molar-refractivity contribution is 14.0. The molecule has 24 heavy (non-hydrogen) atoms. The Morgan fingerprint density at radius 2 is 2.12 bits per heavy atom. The zero-order valence-electron chi connectivity index (χ0n) is 15.0. The Kier molecular flexibility index (Phi) is 10.9. The van der Waals surface area contributed by atoms with Gasteiger partial charge in [0, 0.05) is 38.2 Å². The molecule has 6 heteroatoms. The molecule has 0 spiro atoms. The maximum absolute atomic E-state index is 5.59. The van der Waals surface area contributed by atoms with E-state index in [1.807, 2.05) is 18.4 Å². The maximum Gasteiger partial charge on any atom is 0.191 e. The van der Waals surface area contributed by atoms with E-state index in [4.69, 9.17) is 4.74 Å². The van der Waals surface area contributed by atoms with Crippen molar-refractivity contribution in [3.8, 4) is 0 Å². The lowest BCUT2D eigenvalue weighted by Crippen LogP contribution is -2.43. The molecule has 0 radical (unpaired) electrons. The van der Waals surface area contributed by atoms with E-state index in [0.717, 1.165) is 45.1 Å². The summed E-state index contributed by atoms with van der Waals surface area (Å²) >= 11 is 1.81. The van der Waals surface area contributed by atoms with E-state index in [2.05, 4.69) is 40.1 Å². The summed E-state index contributed by atoms with van der Waals surface area (Å²) in [6.45, 7) is 5.68. The van der Waals surface area contributed by atoms with Gasteiger partial charge in [-0.1, -0.05) is 18.9 Å². The first-order valence-corrected chi connectivity index (χ1v) is 9.70. The summed E-state index contributed by atoms with van der Waals surface area (Å²) in [5.41, 5.74) is 0.389. The lowest BCUT2D eigenvalue weighted by molar-refractivity contribution is 0.105. The van der Waals surface area contributed by atoms with Crippen molar-refractivity contribution >= 4 is 41.3 Å². The van der Waals surface area contributed by atoms with Crippen LogP contribution in [0.1, 0.15) is 43.9 Å². The van der Waals surface area contributed by atoms with Gasteiger partial charge in [-0.25, -0.2) is 0 Å². The molecule has 1 aliphatic rings. The summed E-state index contributed by atoms with van der Waals surface area (Å²) in [6.07, 6.45) is 7.50. The number of halogens is 1. The van der Waals surface area contributed by atoms with Crippen LogP contribution in [0.4, 0.5) is 0 Å². The minimum atomic E-state index is 0. The molecule has 138 valence electrons. The van der Waals surface area contributed by atoms with E-state index < -0.39 is 0 Å². The van der Waals surface area contributed by atoms with E-state index in [-0.39, 0.29) is 24.0 Å². The van der Waals surface area contributed by atoms with Crippen LogP contribution >= 0.6 is 35.3 Å². The van der Waals surface area contributed by atoms with Crippen molar-refractivity contribution in [1.29, 1.82) is 0 Å². The number of hydrogen-bond acceptors (Lipinski definition) is 3. The number of ether oxygens (including phenoxy) is 1. The topological polar surface area (TPSA) is 45.6 Å². The lowest BCUT2D eigenvalue weighted by Gasteiger charge is -2.30. The Hall–Kier alpha value is -0.340. The fourth-order valence-corrected chi connectivity index (χ4v) is 4.03. The molecule has 2 N–H and O–H groups in total. The molecule has 4 nitrogen and oxygen atoms in total. The summed E-state index contributed by atoms with van der Waals surface area (Å²) in [5.74, 6) is 0.921. The molecule has 0 amide bonds. The van der Waals surface area contributed by atoms with Crippen molar-refractivity contribution in [2.24, 2.45) is 10.4 Å². The third-order valence-electron chi connectivity index (χ3n) is 4.74. The number of nitrogens with zero attached hydrogens (tertiary/aromatic N) is 1. The van der Waals surface area contributed by atoms with Crippen LogP contribution < -0.4 is 10.6 Å². The van der Waals surface area contributed by atoms with Crippen LogP contribution in [-0.4, -0.2) is 39.3 Å². The fourth-order valence-electron chi connectivity index (χ4n) is 3.32. The molecule has 0 atom stereocenters. The molecule has 1 saturated carbocycles. The lowest BCUT2D eigenvalue weighted by atomic mass is 9.83. The summed E-state index contributed by atoms with van der Waals surface area (Å²) in [5, 5.41) is 9.11. The first kappa shape index (κ1) is 21.7. The third-order valence-corrected chi connectivity index (χ3v) is 5.68. The fraction of sp³-hybridized carbons (Fsp3) is 0.722. The predicted octanol–water partition coefficient (Wildman–Crippen LogP) is 4.06. The quantitative estimate of drug-likeness (QED) is 0.250. The molecule has 1 aromatic heterocycles. The minimum absolute atomic E-state index is 0. The molecule has 1 aliphatic carbocycles. The SMILES string of the molecule is CCOCCC1(CNC(=NC)NCCc2cccs2)CCCC1.I. The zero-order chi connectivity index (χ0) is 16.4. The van der Waals surface area contributed by atoms with Crippen LogP contribution in [0.25, 0.3) is 0 Å². The Morgan fingerprint density at radius 1 is 1.33 bits per heavy atom. The van der Waals surface area contributed by atoms with Gasteiger partial charge in [-0.3, -0.25) is 4.99 Å². The van der Waals surface area contributed by atoms with E-state index in [1.165, 1.54) is 30.6 Å². The monoisotopic (exact) mass is 465 g/mol. The minimum Gasteiger partial charge on any atom is -0.382 e. The highest BCUT2D eigenvalue weighted by Crippen LogP contribution is 2.40. The van der Waals surface area contributed by atoms with Crippen molar-refractivity contribution < 1.29 is 4.74 Å². The van der Waals surface area contributed by atoms with E-state index >= 15 is 0 Å². The van der Waals surface area contributed by atoms with Gasteiger partial charge in [0.05, 0.1) is 0 Å². The number of aliphatic imine (C=N–C) groups is 1. The first-order valence-electron chi connectivity index (χ1n) is 8.83. The van der Waals surface area contributed by atoms with Crippen LogP contribution in [0.3, 0.4) is 0 Å². The van der Waals surface area contributed by atoms with Crippen LogP contribution in [0.5, 0.6) is 0 Å². The Labute approximate surface area is 167 Å². The smallest absolute Gasteiger partial charge is 0.191 e. The van der Waals surface area contributed by atoms with Crippen LogP contribution in [-0.2, 0) is 11.2 Å². The standard InChI is InChI=1S/C18H31N3OS.HI/c1-3-22-13-11-18(9-4-5-10-18)15-21-17(19-2)20-12-8-16-7-6-14-23-16;/h6-7,14H,3-5,8-13,15H2,1-2H3,(H2,19,20,21);1H. The number of nitrogens with one attached hydrogen (secondary N) is 2. The molecule has 0 bridgehead atoms. The molecule has 1 aromatic rings. The largest absolute Gasteiger partial charge is 0.382 e. The molecular weight excluding hydrogens is 433 g/mol. The Balaban J connectivity index is 0.00000288. The molecule has 0 aromatic carbocycles. The van der Waals surface area contributed by atoms with Gasteiger partial charge in [0.1, 0.15) is 0 Å². The van der Waals surface area contributed by atoms with Gasteiger partial charge in [0.2, 0.25) is 0 Å². The van der Waals surface area contributed by atoms with E-state index in [1.54, 1.807) is 0 Å². The highest BCUT2D eigenvalue weighted by Gasteiger charge is 2.33. The van der Waals surface area contributed by atoms with Gasteiger partial charge >= 0.3 is 0 Å². The van der Waals surface area contributed by atoms with Crippen LogP contribution in [0, 0.1) is 5.41 Å². The average molecular weight is 465 g/mol. The van der Waals surface area contributed by atoms with E-state index in [0.29, 0.717) is 5.41 Å². The van der Waals surface area contributed by atoms with Gasteiger partial charge in [-0.2, -0.15) is 0 Å². The highest BCUT2D eigenvalue weighted by atomic mass is 127. The van der Waals surface area contributed by atoms with Gasteiger partial charge in [-0.15, -0.1) is 35.3 Å². The molecule has 0 saturated heterocycles. The second kappa shape index (κ2) is 12.1. The predicted molar refractivity (Wildman–Crippen MR) is 115 cm³/mol. The van der Waals surface area contributed by atoms with Crippen LogP contribution in [0.15, 0.2) is 22.5 Å². The third kappa shape index (κ3) is 7.27. The second-order valence-electron chi connectivity index (χ2n) is 6.34. The van der Waals surface area contributed by atoms with Crippen LogP contribution in [0.2, 0.25) is 0 Å². The van der Waals surface area contributed by atoms with Crippen molar-refractivity contribution in [1.82, 2.24) is 10.6 Å². The zero-order valence-corrected chi connectivity index (χ0v) is 18.1. The van der Waals surface area contributed by atoms with Crippen molar-refractivity contribution in [2.45, 2.75) is 45.4 Å². The molecule has 2 rings (SSSR count). The summed E-state index contributed by atoms with van der Waals surface area (Å²) < 4.78 is 5.59. The maximum atomic E-state index is 5.59. The van der Waals surface area contributed by atoms with Crippen molar-refractivity contribution in [3.05, 3.63) is 22.4 Å². The van der Waals surface area contributed by atoms with Gasteiger partial charge in [-0.05, 0) is 49.5 Å². The molecule has 0 unspecified atom stereocenters. The van der Waals surface area contributed by atoms with Crippen molar-refractivity contribution in [3.63, 3.8) is 0 Å². The summed E-state index contributed by atoms with van der Waals surface area (Å²) in [4.78, 5) is 5.78. The summed E-state index contributed by atoms with van der Waals surface area (Å²) in [6, 6.07) is 4.29. The van der Waals surface area contributed by atoms with Gasteiger partial charge < -0.3 is 15.4 Å². The average Bonchev–Trinajstić information content (AvgIpc) is 3.23. The molecular formula is C18H32IN3OS. The number of guanidine groups is 1. The molecule has 0 aliphatic heterocycles. The second-order valence-corrected chi connectivity index (χ2v) is 7.37. The molecule has 1 heterocycles. The van der Waals surface area contributed by atoms with E-state index in [9.17, 15) is 0 Å². The Bertz CT molecular complexity index is 459. The van der Waals surface area contributed by atoms with Gasteiger partial charge in [0.15, 0.2) is 5.96 Å². The summed E-state index contributed by atoms with van der Waals surface area (Å²) in [7, 11) is 1.85. The number of hydrogen-bond donors (Lipinski definition) is 2. The Morgan fingerprint density at radius 3 is 2.75 bits per heavy atom. The number of rotatable bonds is 9. The normalized spacial score (nSPS) is 16.7. The van der Waals surface area contributed by atoms with Gasteiger partial charge in [0.25, 0.3) is 0 Å². The molecule has 1 fully saturated rings. The number of thiophene rings is 1. The first-order chi connectivity index (χ1) is 11.3.